The summed E-state index contributed by atoms with van der Waals surface area (Å²) in [4.78, 5) is 23.1. The summed E-state index contributed by atoms with van der Waals surface area (Å²) >= 11 is 0. The molecule has 2 saturated carbocycles. The van der Waals surface area contributed by atoms with Crippen molar-refractivity contribution in [2.24, 2.45) is 17.8 Å². The second-order valence-corrected chi connectivity index (χ2v) is 9.80. The molecule has 0 aliphatic heterocycles. The van der Waals surface area contributed by atoms with E-state index < -0.39 is 24.2 Å². The third-order valence-corrected chi connectivity index (χ3v) is 6.95. The third-order valence-electron chi connectivity index (χ3n) is 6.95. The number of carbonyl (C=O) groups excluding carboxylic acids is 1. The number of hydroxylamine groups is 1. The van der Waals surface area contributed by atoms with Gasteiger partial charge in [-0.3, -0.25) is 9.48 Å². The van der Waals surface area contributed by atoms with Crippen LogP contribution in [-0.2, 0) is 37.2 Å². The maximum absolute atomic E-state index is 14.1. The Morgan fingerprint density at radius 1 is 1.13 bits per heavy atom. The van der Waals surface area contributed by atoms with Gasteiger partial charge in [-0.05, 0) is 55.6 Å². The van der Waals surface area contributed by atoms with Crippen molar-refractivity contribution in [3.63, 3.8) is 0 Å². The summed E-state index contributed by atoms with van der Waals surface area (Å²) in [5.74, 6) is 0.210. The fraction of sp³-hybridized carbons (Fsp3) is 0.444. The summed E-state index contributed by atoms with van der Waals surface area (Å²) in [6, 6.07) is 10.1. The van der Waals surface area contributed by atoms with Gasteiger partial charge in [0.05, 0.1) is 19.0 Å². The standard InChI is InChI=1S/C27H29F3N5O3.W/c1-37-26-21(8-5-13-31-26)24(27(28,29)30)35-16-20(15-32-35)34-25(36)23(22(18-9-10-18)19-11-12-19)38-33-14-17-6-3-2-4-7-17;/h2-8,13,15-16,18-19,22-24H,9-12,14H2,1H3,(H,34,36);/q-1;. The number of nitrogens with zero attached hydrogens (tertiary/aromatic N) is 4. The van der Waals surface area contributed by atoms with E-state index in [1.165, 1.54) is 31.6 Å². The maximum Gasteiger partial charge on any atom is 0.415 e. The van der Waals surface area contributed by atoms with E-state index in [-0.39, 0.29) is 44.1 Å². The van der Waals surface area contributed by atoms with Crippen molar-refractivity contribution in [3.05, 3.63) is 77.7 Å². The summed E-state index contributed by atoms with van der Waals surface area (Å²) in [7, 11) is 1.26. The van der Waals surface area contributed by atoms with Crippen molar-refractivity contribution in [1.29, 1.82) is 0 Å². The zero-order chi connectivity index (χ0) is 26.7. The van der Waals surface area contributed by atoms with Crippen LogP contribution < -0.4 is 10.1 Å². The minimum absolute atomic E-state index is 0. The molecule has 2 unspecified atom stereocenters. The zero-order valence-electron chi connectivity index (χ0n) is 21.3. The number of methoxy groups -OCH3 is 1. The van der Waals surface area contributed by atoms with E-state index in [1.807, 2.05) is 30.3 Å². The van der Waals surface area contributed by atoms with E-state index in [9.17, 15) is 18.0 Å². The smallest absolute Gasteiger partial charge is 0.415 e. The summed E-state index contributed by atoms with van der Waals surface area (Å²) < 4.78 is 48.2. The summed E-state index contributed by atoms with van der Waals surface area (Å²) in [5, 5.41) is 6.64. The number of aromatic nitrogens is 3. The largest absolute Gasteiger partial charge is 0.530 e. The van der Waals surface area contributed by atoms with Crippen LogP contribution in [0.5, 0.6) is 5.88 Å². The van der Waals surface area contributed by atoms with Crippen LogP contribution in [0.25, 0.3) is 5.48 Å². The van der Waals surface area contributed by atoms with E-state index in [4.69, 9.17) is 9.57 Å². The van der Waals surface area contributed by atoms with Crippen molar-refractivity contribution in [3.8, 4) is 5.88 Å². The summed E-state index contributed by atoms with van der Waals surface area (Å²) in [5.41, 5.74) is 5.11. The molecule has 0 spiro atoms. The first-order valence-electron chi connectivity index (χ1n) is 12.6. The Hall–Kier alpha value is -2.75. The van der Waals surface area contributed by atoms with Gasteiger partial charge in [-0.1, -0.05) is 35.9 Å². The van der Waals surface area contributed by atoms with Crippen LogP contribution >= 0.6 is 0 Å². The van der Waals surface area contributed by atoms with Gasteiger partial charge < -0.3 is 20.4 Å². The van der Waals surface area contributed by atoms with Gasteiger partial charge >= 0.3 is 6.18 Å². The van der Waals surface area contributed by atoms with Crippen molar-refractivity contribution in [2.75, 3.05) is 12.4 Å². The SMILES string of the molecule is COc1ncccc1C(n1cc(NC(=O)C(O[N-]Cc2ccccc2)C(C2CC2)C2CC2)cn1)C(F)(F)F.[W]. The second kappa shape index (κ2) is 12.6. The van der Waals surface area contributed by atoms with Crippen molar-refractivity contribution in [1.82, 2.24) is 14.8 Å². The molecule has 0 bridgehead atoms. The molecule has 39 heavy (non-hydrogen) atoms. The Labute approximate surface area is 238 Å². The van der Waals surface area contributed by atoms with Crippen LogP contribution in [0.15, 0.2) is 61.1 Å². The topological polar surface area (TPSA) is 92.4 Å². The van der Waals surface area contributed by atoms with Crippen LogP contribution in [0, 0.1) is 17.8 Å². The van der Waals surface area contributed by atoms with Crippen LogP contribution in [0.2, 0.25) is 0 Å². The molecular formula is C27H29F3N5O3W-. The molecule has 0 radical (unpaired) electrons. The molecule has 12 heteroatoms. The van der Waals surface area contributed by atoms with Crippen molar-refractivity contribution >= 4 is 11.6 Å². The number of pyridine rings is 1. The first-order valence-corrected chi connectivity index (χ1v) is 12.6. The number of ether oxygens (including phenoxy) is 1. The van der Waals surface area contributed by atoms with Gasteiger partial charge in [0.15, 0.2) is 6.04 Å². The molecule has 5 rings (SSSR count). The van der Waals surface area contributed by atoms with E-state index in [0.717, 1.165) is 42.1 Å². The van der Waals surface area contributed by atoms with Crippen LogP contribution in [0.3, 0.4) is 0 Å². The Morgan fingerprint density at radius 2 is 1.82 bits per heavy atom. The monoisotopic (exact) mass is 712 g/mol. The Kier molecular flexibility index (Phi) is 9.46. The first-order chi connectivity index (χ1) is 18.3. The van der Waals surface area contributed by atoms with Gasteiger partial charge in [0.1, 0.15) is 6.10 Å². The van der Waals surface area contributed by atoms with Gasteiger partial charge in [-0.25, -0.2) is 4.98 Å². The molecule has 2 heterocycles. The molecule has 2 aliphatic rings. The molecule has 2 atom stereocenters. The molecule has 1 aromatic carbocycles. The third kappa shape index (κ3) is 7.26. The van der Waals surface area contributed by atoms with Crippen LogP contribution in [-0.4, -0.2) is 40.1 Å². The minimum atomic E-state index is -4.69. The number of halogens is 3. The molecule has 208 valence electrons. The fourth-order valence-electron chi connectivity index (χ4n) is 4.92. The molecule has 2 aromatic heterocycles. The number of amides is 1. The molecule has 1 amide bonds. The number of alkyl halides is 3. The molecule has 8 nitrogen and oxygen atoms in total. The average molecular weight is 712 g/mol. The Bertz CT molecular complexity index is 1220. The number of rotatable bonds is 12. The van der Waals surface area contributed by atoms with Gasteiger partial charge in [0.25, 0.3) is 5.91 Å². The number of nitrogens with one attached hydrogen (secondary N) is 1. The van der Waals surface area contributed by atoms with Crippen LogP contribution in [0.1, 0.15) is 42.9 Å². The van der Waals surface area contributed by atoms with E-state index >= 15 is 0 Å². The number of carbonyl (C=O) groups is 1. The van der Waals surface area contributed by atoms with E-state index in [2.05, 4.69) is 20.9 Å². The van der Waals surface area contributed by atoms with Gasteiger partial charge in [-0.2, -0.15) is 18.3 Å². The normalized spacial score (nSPS) is 16.8. The number of hydrogen-bond donors (Lipinski definition) is 1. The Balaban J connectivity index is 0.00000353. The maximum atomic E-state index is 14.1. The molecule has 3 aromatic rings. The average Bonchev–Trinajstić information content (AvgIpc) is 3.84. The van der Waals surface area contributed by atoms with Gasteiger partial charge in [0.2, 0.25) is 5.88 Å². The number of benzene rings is 1. The summed E-state index contributed by atoms with van der Waals surface area (Å²) in [6.07, 6.45) is 2.31. The van der Waals surface area contributed by atoms with Gasteiger partial charge in [-0.15, -0.1) is 6.54 Å². The van der Waals surface area contributed by atoms with Crippen molar-refractivity contribution < 1.29 is 48.6 Å². The predicted molar refractivity (Wildman–Crippen MR) is 133 cm³/mol. The molecular weight excluding hydrogens is 683 g/mol. The molecule has 0 saturated heterocycles. The second-order valence-electron chi connectivity index (χ2n) is 9.80. The zero-order valence-corrected chi connectivity index (χ0v) is 24.2. The van der Waals surface area contributed by atoms with E-state index in [1.54, 1.807) is 0 Å². The minimum Gasteiger partial charge on any atom is -0.530 e. The van der Waals surface area contributed by atoms with Crippen molar-refractivity contribution in [2.45, 2.75) is 50.6 Å². The number of hydrogen-bond acceptors (Lipinski definition) is 5. The fourth-order valence-corrected chi connectivity index (χ4v) is 4.92. The molecule has 2 fully saturated rings. The van der Waals surface area contributed by atoms with Crippen LogP contribution in [0.4, 0.5) is 18.9 Å². The predicted octanol–water partition coefficient (Wildman–Crippen LogP) is 5.68. The quantitative estimate of drug-likeness (QED) is 0.244. The molecule has 1 N–H and O–H groups in total. The van der Waals surface area contributed by atoms with E-state index in [0.29, 0.717) is 18.4 Å². The Morgan fingerprint density at radius 3 is 2.44 bits per heavy atom. The molecule has 2 aliphatic carbocycles. The first kappa shape index (κ1) is 29.2. The number of anilines is 1. The van der Waals surface area contributed by atoms with Gasteiger partial charge in [0, 0.05) is 39.0 Å². The summed E-state index contributed by atoms with van der Waals surface area (Å²) in [6.45, 7) is 0.296.